The van der Waals surface area contributed by atoms with Gasteiger partial charge in [0.1, 0.15) is 5.82 Å². The van der Waals surface area contributed by atoms with E-state index in [0.29, 0.717) is 29.4 Å². The number of halogens is 1. The lowest BCUT2D eigenvalue weighted by molar-refractivity contribution is 0.603. The van der Waals surface area contributed by atoms with E-state index in [1.54, 1.807) is 16.8 Å². The smallest absolute Gasteiger partial charge is 0.266 e. The van der Waals surface area contributed by atoms with E-state index < -0.39 is 0 Å². The second-order valence-electron chi connectivity index (χ2n) is 6.03. The molecule has 3 aromatic rings. The molecular formula is C17H17BrN6O. The second kappa shape index (κ2) is 6.51. The molecule has 0 N–H and O–H groups in total. The standard InChI is InChI=1S/C17H17BrN6O/c1-2-3-4-9-23-15-12(10-13(18)20-15)16(25)24-14(21-22-17(23)24)11-5-7-19-8-6-11/h5-8H,2-4,9-10H2,1H3. The molecule has 0 fully saturated rings. The Bertz CT molecular complexity index is 1020. The van der Waals surface area contributed by atoms with Crippen LogP contribution in [0.1, 0.15) is 31.7 Å². The fourth-order valence-corrected chi connectivity index (χ4v) is 3.57. The Kier molecular flexibility index (Phi) is 4.20. The molecule has 1 aliphatic heterocycles. The SMILES string of the molecule is CCCCCn1c2c(c(=O)n3c(-c4ccncc4)nnc13)CC(Br)=N2. The summed E-state index contributed by atoms with van der Waals surface area (Å²) >= 11 is 3.44. The van der Waals surface area contributed by atoms with E-state index in [9.17, 15) is 4.79 Å². The van der Waals surface area contributed by atoms with Gasteiger partial charge in [-0.05, 0) is 34.5 Å². The summed E-state index contributed by atoms with van der Waals surface area (Å²) in [6.45, 7) is 2.93. The van der Waals surface area contributed by atoms with Crippen molar-refractivity contribution in [2.75, 3.05) is 0 Å². The molecule has 0 radical (unpaired) electrons. The molecule has 0 aliphatic carbocycles. The molecule has 0 amide bonds. The highest BCUT2D eigenvalue weighted by atomic mass is 79.9. The highest BCUT2D eigenvalue weighted by Gasteiger charge is 2.25. The number of hydrogen-bond acceptors (Lipinski definition) is 5. The first-order chi connectivity index (χ1) is 12.2. The number of aromatic nitrogens is 5. The molecule has 0 spiro atoms. The average Bonchev–Trinajstić information content (AvgIpc) is 3.23. The number of aryl methyl sites for hydroxylation is 1. The van der Waals surface area contributed by atoms with Crippen molar-refractivity contribution >= 4 is 32.1 Å². The Hall–Kier alpha value is -2.35. The molecule has 4 rings (SSSR count). The topological polar surface area (TPSA) is 77.4 Å². The van der Waals surface area contributed by atoms with Gasteiger partial charge in [-0.1, -0.05) is 19.8 Å². The van der Waals surface area contributed by atoms with Crippen molar-refractivity contribution in [1.82, 2.24) is 24.1 Å². The summed E-state index contributed by atoms with van der Waals surface area (Å²) in [5, 5.41) is 8.59. The number of fused-ring (bicyclic) bond motifs is 2. The Morgan fingerprint density at radius 3 is 2.76 bits per heavy atom. The molecule has 8 heteroatoms. The molecule has 0 saturated heterocycles. The van der Waals surface area contributed by atoms with Crippen LogP contribution in [-0.4, -0.2) is 28.8 Å². The van der Waals surface area contributed by atoms with Crippen LogP contribution in [0.15, 0.2) is 34.3 Å². The maximum absolute atomic E-state index is 13.1. The van der Waals surface area contributed by atoms with Gasteiger partial charge in [0.15, 0.2) is 5.82 Å². The molecule has 0 aromatic carbocycles. The van der Waals surface area contributed by atoms with E-state index in [4.69, 9.17) is 0 Å². The maximum Gasteiger partial charge on any atom is 0.266 e. The Labute approximate surface area is 152 Å². The van der Waals surface area contributed by atoms with Gasteiger partial charge in [0, 0.05) is 30.9 Å². The number of hydrogen-bond donors (Lipinski definition) is 0. The van der Waals surface area contributed by atoms with Crippen LogP contribution in [0, 0.1) is 0 Å². The van der Waals surface area contributed by atoms with Gasteiger partial charge in [-0.15, -0.1) is 10.2 Å². The predicted molar refractivity (Wildman–Crippen MR) is 99.7 cm³/mol. The predicted octanol–water partition coefficient (Wildman–Crippen LogP) is 3.12. The van der Waals surface area contributed by atoms with Crippen molar-refractivity contribution in [3.8, 4) is 11.4 Å². The fraction of sp³-hybridized carbons (Fsp3) is 0.353. The minimum atomic E-state index is -0.105. The molecule has 7 nitrogen and oxygen atoms in total. The zero-order valence-electron chi connectivity index (χ0n) is 13.8. The summed E-state index contributed by atoms with van der Waals surface area (Å²) in [6, 6.07) is 3.66. The van der Waals surface area contributed by atoms with Gasteiger partial charge < -0.3 is 0 Å². The summed E-state index contributed by atoms with van der Waals surface area (Å²) in [6.07, 6.45) is 7.12. The minimum absolute atomic E-state index is 0.105. The summed E-state index contributed by atoms with van der Waals surface area (Å²) in [7, 11) is 0. The van der Waals surface area contributed by atoms with Gasteiger partial charge in [-0.3, -0.25) is 14.3 Å². The lowest BCUT2D eigenvalue weighted by atomic mass is 10.2. The van der Waals surface area contributed by atoms with Crippen molar-refractivity contribution in [2.24, 2.45) is 4.99 Å². The van der Waals surface area contributed by atoms with Crippen molar-refractivity contribution in [3.05, 3.63) is 40.4 Å². The summed E-state index contributed by atoms with van der Waals surface area (Å²) < 4.78 is 4.38. The van der Waals surface area contributed by atoms with Gasteiger partial charge in [-0.25, -0.2) is 9.39 Å². The van der Waals surface area contributed by atoms with Crippen molar-refractivity contribution in [3.63, 3.8) is 0 Å². The molecule has 128 valence electrons. The van der Waals surface area contributed by atoms with Crippen LogP contribution in [0.2, 0.25) is 0 Å². The van der Waals surface area contributed by atoms with E-state index in [1.165, 1.54) is 0 Å². The number of rotatable bonds is 5. The molecule has 0 unspecified atom stereocenters. The van der Waals surface area contributed by atoms with E-state index in [1.807, 2.05) is 16.7 Å². The van der Waals surface area contributed by atoms with E-state index >= 15 is 0 Å². The maximum atomic E-state index is 13.1. The Balaban J connectivity index is 1.96. The zero-order valence-corrected chi connectivity index (χ0v) is 15.4. The zero-order chi connectivity index (χ0) is 17.4. The van der Waals surface area contributed by atoms with Crippen LogP contribution in [-0.2, 0) is 13.0 Å². The molecule has 0 atom stereocenters. The lowest BCUT2D eigenvalue weighted by Gasteiger charge is -2.12. The quantitative estimate of drug-likeness (QED) is 0.616. The fourth-order valence-electron chi connectivity index (χ4n) is 3.12. The van der Waals surface area contributed by atoms with Crippen molar-refractivity contribution in [1.29, 1.82) is 0 Å². The van der Waals surface area contributed by atoms with Gasteiger partial charge in [-0.2, -0.15) is 0 Å². The third kappa shape index (κ3) is 2.70. The normalized spacial score (nSPS) is 13.3. The molecule has 4 heterocycles. The van der Waals surface area contributed by atoms with Crippen molar-refractivity contribution < 1.29 is 0 Å². The first-order valence-corrected chi connectivity index (χ1v) is 9.14. The van der Waals surface area contributed by atoms with E-state index in [-0.39, 0.29) is 5.56 Å². The highest BCUT2D eigenvalue weighted by molar-refractivity contribution is 9.18. The van der Waals surface area contributed by atoms with Gasteiger partial charge >= 0.3 is 0 Å². The third-order valence-corrected chi connectivity index (χ3v) is 4.81. The van der Waals surface area contributed by atoms with Crippen LogP contribution in [0.5, 0.6) is 0 Å². The molecule has 0 saturated carbocycles. The van der Waals surface area contributed by atoms with E-state index in [2.05, 4.69) is 43.0 Å². The molecular weight excluding hydrogens is 384 g/mol. The second-order valence-corrected chi connectivity index (χ2v) is 6.94. The van der Waals surface area contributed by atoms with Gasteiger partial charge in [0.05, 0.1) is 10.2 Å². The Morgan fingerprint density at radius 1 is 1.20 bits per heavy atom. The summed E-state index contributed by atoms with van der Waals surface area (Å²) in [5.74, 6) is 1.78. The molecule has 25 heavy (non-hydrogen) atoms. The summed E-state index contributed by atoms with van der Waals surface area (Å²) in [4.78, 5) is 21.6. The third-order valence-electron chi connectivity index (χ3n) is 4.35. The lowest BCUT2D eigenvalue weighted by Crippen LogP contribution is -2.22. The largest absolute Gasteiger partial charge is 0.294 e. The minimum Gasteiger partial charge on any atom is -0.294 e. The molecule has 1 aliphatic rings. The van der Waals surface area contributed by atoms with Crippen LogP contribution < -0.4 is 5.56 Å². The summed E-state index contributed by atoms with van der Waals surface area (Å²) in [5.41, 5.74) is 1.40. The Morgan fingerprint density at radius 2 is 2.00 bits per heavy atom. The first kappa shape index (κ1) is 16.1. The van der Waals surface area contributed by atoms with Gasteiger partial charge in [0.25, 0.3) is 5.56 Å². The van der Waals surface area contributed by atoms with Gasteiger partial charge in [0.2, 0.25) is 5.78 Å². The van der Waals surface area contributed by atoms with Crippen molar-refractivity contribution in [2.45, 2.75) is 39.2 Å². The first-order valence-electron chi connectivity index (χ1n) is 8.35. The number of unbranched alkanes of at least 4 members (excludes halogenated alkanes) is 2. The van der Waals surface area contributed by atoms with Crippen LogP contribution in [0.3, 0.4) is 0 Å². The molecule has 3 aromatic heterocycles. The number of aliphatic imine (C=N–C) groups is 1. The van der Waals surface area contributed by atoms with Crippen LogP contribution in [0.25, 0.3) is 17.2 Å². The number of pyridine rings is 1. The average molecular weight is 401 g/mol. The van der Waals surface area contributed by atoms with Crippen LogP contribution in [0.4, 0.5) is 5.82 Å². The number of nitrogens with zero attached hydrogens (tertiary/aromatic N) is 6. The monoisotopic (exact) mass is 400 g/mol. The highest BCUT2D eigenvalue weighted by Crippen LogP contribution is 2.29. The van der Waals surface area contributed by atoms with Crippen LogP contribution >= 0.6 is 15.9 Å². The van der Waals surface area contributed by atoms with E-state index in [0.717, 1.165) is 36.0 Å². The molecule has 0 bridgehead atoms.